The summed E-state index contributed by atoms with van der Waals surface area (Å²) < 4.78 is 7.49. The molecule has 0 saturated carbocycles. The van der Waals surface area contributed by atoms with Crippen molar-refractivity contribution in [3.8, 4) is 5.75 Å². The molecule has 1 amide bonds. The smallest absolute Gasteiger partial charge is 0.259 e. The van der Waals surface area contributed by atoms with Crippen LogP contribution >= 0.6 is 0 Å². The summed E-state index contributed by atoms with van der Waals surface area (Å²) in [6.45, 7) is 9.03. The summed E-state index contributed by atoms with van der Waals surface area (Å²) >= 11 is 0. The molecule has 2 aromatic carbocycles. The monoisotopic (exact) mass is 363 g/mol. The average Bonchev–Trinajstić information content (AvgIpc) is 2.90. The standard InChI is InChI=1S/C22H25N3O2/c1-5-27-20-12-7-6-11-19(20)22(26)23-21-16(3)24-25(17(21)4)14-18-10-8-9-15(2)13-18/h6-13H,5,14H2,1-4H3,(H,23,26). The van der Waals surface area contributed by atoms with E-state index in [1.807, 2.05) is 43.7 Å². The molecule has 0 spiro atoms. The highest BCUT2D eigenvalue weighted by molar-refractivity contribution is 6.06. The molecule has 0 bridgehead atoms. The number of carbonyl (C=O) groups is 1. The number of rotatable bonds is 6. The number of aryl methyl sites for hydroxylation is 2. The molecule has 3 aromatic rings. The highest BCUT2D eigenvalue weighted by Crippen LogP contribution is 2.24. The number of aromatic nitrogens is 2. The first-order chi connectivity index (χ1) is 13.0. The molecule has 0 aliphatic heterocycles. The number of hydrogen-bond acceptors (Lipinski definition) is 3. The SMILES string of the molecule is CCOc1ccccc1C(=O)Nc1c(C)nn(Cc2cccc(C)c2)c1C. The Kier molecular flexibility index (Phi) is 5.60. The van der Waals surface area contributed by atoms with E-state index in [4.69, 9.17) is 4.74 Å². The number of anilines is 1. The molecule has 0 saturated heterocycles. The molecule has 1 aromatic heterocycles. The van der Waals surface area contributed by atoms with Gasteiger partial charge < -0.3 is 10.1 Å². The van der Waals surface area contributed by atoms with E-state index in [2.05, 4.69) is 35.5 Å². The molecule has 0 unspecified atom stereocenters. The van der Waals surface area contributed by atoms with Crippen LogP contribution in [0.3, 0.4) is 0 Å². The maximum atomic E-state index is 12.8. The molecule has 1 N–H and O–H groups in total. The van der Waals surface area contributed by atoms with E-state index in [1.54, 1.807) is 12.1 Å². The van der Waals surface area contributed by atoms with Crippen molar-refractivity contribution in [1.29, 1.82) is 0 Å². The Morgan fingerprint density at radius 1 is 1.11 bits per heavy atom. The van der Waals surface area contributed by atoms with Gasteiger partial charge in [0.05, 0.1) is 35.8 Å². The number of nitrogens with zero attached hydrogens (tertiary/aromatic N) is 2. The largest absolute Gasteiger partial charge is 0.493 e. The molecule has 5 heteroatoms. The number of ether oxygens (including phenoxy) is 1. The van der Waals surface area contributed by atoms with Gasteiger partial charge in [-0.2, -0.15) is 5.10 Å². The van der Waals surface area contributed by atoms with Crippen LogP contribution < -0.4 is 10.1 Å². The molecule has 5 nitrogen and oxygen atoms in total. The van der Waals surface area contributed by atoms with Crippen LogP contribution in [0, 0.1) is 20.8 Å². The fraction of sp³-hybridized carbons (Fsp3) is 0.273. The molecule has 0 atom stereocenters. The predicted octanol–water partition coefficient (Wildman–Crippen LogP) is 4.51. The Morgan fingerprint density at radius 2 is 1.89 bits per heavy atom. The normalized spacial score (nSPS) is 10.7. The minimum absolute atomic E-state index is 0.194. The first-order valence-corrected chi connectivity index (χ1v) is 9.12. The van der Waals surface area contributed by atoms with Crippen LogP contribution in [0.15, 0.2) is 48.5 Å². The molecule has 0 aliphatic rings. The molecule has 3 rings (SSSR count). The first kappa shape index (κ1) is 18.7. The lowest BCUT2D eigenvalue weighted by atomic mass is 10.1. The third-order valence-corrected chi connectivity index (χ3v) is 4.47. The predicted molar refractivity (Wildman–Crippen MR) is 108 cm³/mol. The maximum absolute atomic E-state index is 12.8. The van der Waals surface area contributed by atoms with E-state index >= 15 is 0 Å². The third kappa shape index (κ3) is 4.19. The topological polar surface area (TPSA) is 56.1 Å². The number of nitrogens with one attached hydrogen (secondary N) is 1. The van der Waals surface area contributed by atoms with Gasteiger partial charge in [-0.05, 0) is 45.4 Å². The summed E-state index contributed by atoms with van der Waals surface area (Å²) in [6.07, 6.45) is 0. The lowest BCUT2D eigenvalue weighted by Crippen LogP contribution is -2.15. The van der Waals surface area contributed by atoms with Crippen molar-refractivity contribution in [2.45, 2.75) is 34.2 Å². The van der Waals surface area contributed by atoms with Gasteiger partial charge in [-0.1, -0.05) is 42.0 Å². The van der Waals surface area contributed by atoms with Gasteiger partial charge in [-0.25, -0.2) is 0 Å². The van der Waals surface area contributed by atoms with Crippen molar-refractivity contribution in [2.75, 3.05) is 11.9 Å². The van der Waals surface area contributed by atoms with Crippen molar-refractivity contribution >= 4 is 11.6 Å². The van der Waals surface area contributed by atoms with Crippen LogP contribution in [-0.4, -0.2) is 22.3 Å². The summed E-state index contributed by atoms with van der Waals surface area (Å²) in [6, 6.07) is 15.6. The molecular formula is C22H25N3O2. The Balaban J connectivity index is 1.84. The van der Waals surface area contributed by atoms with Crippen LogP contribution in [0.25, 0.3) is 0 Å². The molecule has 140 valence electrons. The highest BCUT2D eigenvalue weighted by atomic mass is 16.5. The van der Waals surface area contributed by atoms with E-state index < -0.39 is 0 Å². The zero-order chi connectivity index (χ0) is 19.4. The molecule has 27 heavy (non-hydrogen) atoms. The minimum atomic E-state index is -0.194. The summed E-state index contributed by atoms with van der Waals surface area (Å²) in [7, 11) is 0. The summed E-state index contributed by atoms with van der Waals surface area (Å²) in [5.74, 6) is 0.389. The van der Waals surface area contributed by atoms with Gasteiger partial charge in [-0.15, -0.1) is 0 Å². The number of amides is 1. The Hall–Kier alpha value is -3.08. The van der Waals surface area contributed by atoms with Crippen LogP contribution in [0.5, 0.6) is 5.75 Å². The van der Waals surface area contributed by atoms with E-state index in [0.29, 0.717) is 24.5 Å². The molecular weight excluding hydrogens is 338 g/mol. The van der Waals surface area contributed by atoms with Crippen molar-refractivity contribution in [3.05, 3.63) is 76.6 Å². The van der Waals surface area contributed by atoms with Crippen molar-refractivity contribution in [2.24, 2.45) is 0 Å². The summed E-state index contributed by atoms with van der Waals surface area (Å²) in [5.41, 5.74) is 5.39. The van der Waals surface area contributed by atoms with Crippen molar-refractivity contribution < 1.29 is 9.53 Å². The first-order valence-electron chi connectivity index (χ1n) is 9.12. The van der Waals surface area contributed by atoms with Crippen molar-refractivity contribution in [3.63, 3.8) is 0 Å². The van der Waals surface area contributed by atoms with E-state index in [1.165, 1.54) is 11.1 Å². The zero-order valence-corrected chi connectivity index (χ0v) is 16.2. The molecule has 0 fully saturated rings. The van der Waals surface area contributed by atoms with Gasteiger partial charge in [0, 0.05) is 0 Å². The lowest BCUT2D eigenvalue weighted by Gasteiger charge is -2.11. The Labute approximate surface area is 160 Å². The summed E-state index contributed by atoms with van der Waals surface area (Å²) in [5, 5.41) is 7.62. The molecule has 0 aliphatic carbocycles. The fourth-order valence-electron chi connectivity index (χ4n) is 3.13. The number of benzene rings is 2. The van der Waals surface area contributed by atoms with E-state index in [-0.39, 0.29) is 5.91 Å². The number of carbonyl (C=O) groups excluding carboxylic acids is 1. The Bertz CT molecular complexity index is 960. The van der Waals surface area contributed by atoms with Crippen LogP contribution in [0.4, 0.5) is 5.69 Å². The zero-order valence-electron chi connectivity index (χ0n) is 16.2. The average molecular weight is 363 g/mol. The molecule has 1 heterocycles. The van der Waals surface area contributed by atoms with Crippen molar-refractivity contribution in [1.82, 2.24) is 9.78 Å². The maximum Gasteiger partial charge on any atom is 0.259 e. The summed E-state index contributed by atoms with van der Waals surface area (Å²) in [4.78, 5) is 12.8. The number of hydrogen-bond donors (Lipinski definition) is 1. The van der Waals surface area contributed by atoms with Crippen LogP contribution in [-0.2, 0) is 6.54 Å². The van der Waals surface area contributed by atoms with E-state index in [9.17, 15) is 4.79 Å². The van der Waals surface area contributed by atoms with Gasteiger partial charge in [0.15, 0.2) is 0 Å². The quantitative estimate of drug-likeness (QED) is 0.701. The number of para-hydroxylation sites is 1. The lowest BCUT2D eigenvalue weighted by molar-refractivity contribution is 0.102. The fourth-order valence-corrected chi connectivity index (χ4v) is 3.13. The Morgan fingerprint density at radius 3 is 2.63 bits per heavy atom. The van der Waals surface area contributed by atoms with Gasteiger partial charge in [0.25, 0.3) is 5.91 Å². The highest BCUT2D eigenvalue weighted by Gasteiger charge is 2.18. The molecule has 0 radical (unpaired) electrons. The van der Waals surface area contributed by atoms with Gasteiger partial charge in [-0.3, -0.25) is 9.48 Å². The minimum Gasteiger partial charge on any atom is -0.493 e. The van der Waals surface area contributed by atoms with E-state index in [0.717, 1.165) is 17.1 Å². The van der Waals surface area contributed by atoms with Gasteiger partial charge in [0.1, 0.15) is 5.75 Å². The second-order valence-electron chi connectivity index (χ2n) is 6.58. The second kappa shape index (κ2) is 8.08. The third-order valence-electron chi connectivity index (χ3n) is 4.47. The second-order valence-corrected chi connectivity index (χ2v) is 6.58. The van der Waals surface area contributed by atoms with Gasteiger partial charge in [0.2, 0.25) is 0 Å². The van der Waals surface area contributed by atoms with Crippen LogP contribution in [0.1, 0.15) is 39.8 Å². The van der Waals surface area contributed by atoms with Crippen LogP contribution in [0.2, 0.25) is 0 Å². The van der Waals surface area contributed by atoms with Gasteiger partial charge >= 0.3 is 0 Å².